The van der Waals surface area contributed by atoms with E-state index in [4.69, 9.17) is 13.9 Å². The van der Waals surface area contributed by atoms with E-state index in [0.717, 1.165) is 0 Å². The number of fused-ring (bicyclic) bond motifs is 5. The number of rotatable bonds is 4. The molecule has 5 aliphatic rings. The predicted molar refractivity (Wildman–Crippen MR) is 140 cm³/mol. The Morgan fingerprint density at radius 1 is 1.05 bits per heavy atom. The van der Waals surface area contributed by atoms with Crippen molar-refractivity contribution in [2.75, 3.05) is 0 Å². The van der Waals surface area contributed by atoms with E-state index in [2.05, 4.69) is 0 Å². The first-order valence-electron chi connectivity index (χ1n) is 14.7. The van der Waals surface area contributed by atoms with Gasteiger partial charge in [0.25, 0.3) is 0 Å². The van der Waals surface area contributed by atoms with Crippen molar-refractivity contribution in [2.24, 2.45) is 22.7 Å². The van der Waals surface area contributed by atoms with Gasteiger partial charge in [0.1, 0.15) is 18.5 Å². The minimum absolute atomic E-state index is 0.00823. The number of ether oxygens (including phenoxy) is 2. The Hall–Kier alpha value is -1.99. The second kappa shape index (κ2) is 9.77. The highest BCUT2D eigenvalue weighted by Gasteiger charge is 2.76. The highest BCUT2D eigenvalue weighted by atomic mass is 16.7. The maximum Gasteiger partial charge on any atom is 0.335 e. The van der Waals surface area contributed by atoms with E-state index in [1.54, 1.807) is 19.9 Å². The van der Waals surface area contributed by atoms with Gasteiger partial charge in [-0.05, 0) is 69.9 Å². The predicted octanol–water partition coefficient (Wildman–Crippen LogP) is 0.567. The summed E-state index contributed by atoms with van der Waals surface area (Å²) in [7, 11) is 0. The molecule has 13 unspecified atom stereocenters. The quantitative estimate of drug-likeness (QED) is 0.249. The summed E-state index contributed by atoms with van der Waals surface area (Å²) in [5.74, 6) is -2.73. The van der Waals surface area contributed by atoms with E-state index in [1.165, 1.54) is 12.3 Å². The van der Waals surface area contributed by atoms with Crippen LogP contribution in [0.15, 0.2) is 27.6 Å². The van der Waals surface area contributed by atoms with E-state index in [9.17, 15) is 39.9 Å². The van der Waals surface area contributed by atoms with Crippen LogP contribution >= 0.6 is 0 Å². The van der Waals surface area contributed by atoms with Gasteiger partial charge in [-0.3, -0.25) is 4.79 Å². The van der Waals surface area contributed by atoms with Gasteiger partial charge in [-0.2, -0.15) is 0 Å². The lowest BCUT2D eigenvalue weighted by molar-refractivity contribution is -0.300. The Morgan fingerprint density at radius 2 is 1.80 bits per heavy atom. The summed E-state index contributed by atoms with van der Waals surface area (Å²) in [4.78, 5) is 38.7. The van der Waals surface area contributed by atoms with Crippen LogP contribution in [0.25, 0.3) is 0 Å². The van der Waals surface area contributed by atoms with Crippen molar-refractivity contribution < 1.29 is 49.0 Å². The molecule has 226 valence electrons. The smallest absolute Gasteiger partial charge is 0.335 e. The van der Waals surface area contributed by atoms with Crippen LogP contribution in [0.2, 0.25) is 0 Å². The highest BCUT2D eigenvalue weighted by molar-refractivity contribution is 5.93. The van der Waals surface area contributed by atoms with Crippen molar-refractivity contribution in [3.8, 4) is 0 Å². The van der Waals surface area contributed by atoms with Gasteiger partial charge in [0.05, 0.1) is 46.6 Å². The average Bonchev–Trinajstić information content (AvgIpc) is 3.22. The average molecular weight is 577 g/mol. The number of aldehydes is 1. The summed E-state index contributed by atoms with van der Waals surface area (Å²) in [5.41, 5.74) is -6.02. The maximum absolute atomic E-state index is 14.1. The zero-order valence-corrected chi connectivity index (χ0v) is 23.3. The van der Waals surface area contributed by atoms with Gasteiger partial charge >= 0.3 is 5.63 Å². The van der Waals surface area contributed by atoms with Crippen LogP contribution in [0.4, 0.5) is 0 Å². The molecule has 1 aromatic heterocycles. The zero-order valence-electron chi connectivity index (χ0n) is 23.3. The lowest BCUT2D eigenvalue weighted by Crippen LogP contribution is -2.74. The van der Waals surface area contributed by atoms with Crippen molar-refractivity contribution in [3.05, 3.63) is 34.4 Å². The molecule has 0 amide bonds. The van der Waals surface area contributed by atoms with Crippen LogP contribution < -0.4 is 5.63 Å². The van der Waals surface area contributed by atoms with E-state index >= 15 is 0 Å². The molecule has 13 atom stereocenters. The van der Waals surface area contributed by atoms with Crippen LogP contribution in [0, 0.1) is 22.7 Å². The number of ketones is 1. The number of hydrogen-bond acceptors (Lipinski definition) is 11. The fourth-order valence-corrected chi connectivity index (χ4v) is 9.48. The first-order chi connectivity index (χ1) is 19.3. The molecule has 1 aliphatic heterocycles. The second-order valence-corrected chi connectivity index (χ2v) is 13.4. The molecule has 5 fully saturated rings. The maximum atomic E-state index is 14.1. The van der Waals surface area contributed by atoms with E-state index < -0.39 is 81.9 Å². The fraction of sp³-hybridized carbons (Fsp3) is 0.767. The molecule has 1 saturated heterocycles. The van der Waals surface area contributed by atoms with Crippen molar-refractivity contribution in [1.29, 1.82) is 0 Å². The molecule has 0 bridgehead atoms. The molecule has 0 aromatic carbocycles. The Balaban J connectivity index is 1.31. The molecule has 41 heavy (non-hydrogen) atoms. The lowest BCUT2D eigenvalue weighted by atomic mass is 9.40. The SMILES string of the molecule is CC1CC(O)C(O)C(OC2CCC3(C=O)C4C(O)C(=O)C5(C)C(c6ccc(=O)oc6)CCC5(O)C4CCC3(O)C2)O1. The van der Waals surface area contributed by atoms with Gasteiger partial charge in [0.15, 0.2) is 12.1 Å². The Kier molecular flexibility index (Phi) is 6.93. The van der Waals surface area contributed by atoms with Crippen molar-refractivity contribution in [2.45, 2.75) is 119 Å². The van der Waals surface area contributed by atoms with Gasteiger partial charge in [0, 0.05) is 30.7 Å². The van der Waals surface area contributed by atoms with Crippen molar-refractivity contribution in [3.63, 3.8) is 0 Å². The molecule has 11 nitrogen and oxygen atoms in total. The molecule has 6 rings (SSSR count). The van der Waals surface area contributed by atoms with Gasteiger partial charge in [-0.1, -0.05) is 0 Å². The minimum Gasteiger partial charge on any atom is -0.431 e. The van der Waals surface area contributed by atoms with E-state index in [-0.39, 0.29) is 51.0 Å². The third-order valence-corrected chi connectivity index (χ3v) is 11.6. The zero-order chi connectivity index (χ0) is 29.5. The molecule has 2 heterocycles. The molecular formula is C30H40O11. The molecule has 11 heteroatoms. The Bertz CT molecular complexity index is 1240. The van der Waals surface area contributed by atoms with Gasteiger partial charge < -0.3 is 44.2 Å². The van der Waals surface area contributed by atoms with Crippen LogP contribution in [-0.4, -0.2) is 85.6 Å². The van der Waals surface area contributed by atoms with Gasteiger partial charge in [0.2, 0.25) is 0 Å². The first-order valence-corrected chi connectivity index (χ1v) is 14.7. The van der Waals surface area contributed by atoms with Crippen LogP contribution in [0.1, 0.15) is 76.7 Å². The topological polar surface area (TPSA) is 184 Å². The van der Waals surface area contributed by atoms with Crippen LogP contribution in [-0.2, 0) is 19.1 Å². The third-order valence-electron chi connectivity index (χ3n) is 11.6. The van der Waals surface area contributed by atoms with Crippen LogP contribution in [0.3, 0.4) is 0 Å². The Labute approximate surface area is 237 Å². The third kappa shape index (κ3) is 3.93. The molecule has 4 aliphatic carbocycles. The molecule has 0 radical (unpaired) electrons. The summed E-state index contributed by atoms with van der Waals surface area (Å²) in [5, 5.41) is 56.7. The lowest BCUT2D eigenvalue weighted by Gasteiger charge is -2.65. The second-order valence-electron chi connectivity index (χ2n) is 13.4. The van der Waals surface area contributed by atoms with Gasteiger partial charge in [-0.25, -0.2) is 4.79 Å². The molecule has 4 saturated carbocycles. The molecule has 0 spiro atoms. The van der Waals surface area contributed by atoms with Gasteiger partial charge in [-0.15, -0.1) is 0 Å². The summed E-state index contributed by atoms with van der Waals surface area (Å²) >= 11 is 0. The van der Waals surface area contributed by atoms with E-state index in [0.29, 0.717) is 18.3 Å². The largest absolute Gasteiger partial charge is 0.431 e. The molecular weight excluding hydrogens is 536 g/mol. The minimum atomic E-state index is -1.63. The van der Waals surface area contributed by atoms with E-state index in [1.807, 2.05) is 0 Å². The number of Topliss-reactive ketones (excluding diaryl/α,β-unsaturated/α-hetero) is 1. The highest BCUT2D eigenvalue weighted by Crippen LogP contribution is 2.70. The summed E-state index contributed by atoms with van der Waals surface area (Å²) in [6.07, 6.45) is -2.19. The number of aliphatic hydroxyl groups excluding tert-OH is 3. The number of carbonyl (C=O) groups excluding carboxylic acids is 2. The summed E-state index contributed by atoms with van der Waals surface area (Å²) < 4.78 is 16.8. The summed E-state index contributed by atoms with van der Waals surface area (Å²) in [6, 6.07) is 2.85. The molecule has 1 aromatic rings. The summed E-state index contributed by atoms with van der Waals surface area (Å²) in [6.45, 7) is 3.42. The Morgan fingerprint density at radius 3 is 2.49 bits per heavy atom. The van der Waals surface area contributed by atoms with Crippen molar-refractivity contribution in [1.82, 2.24) is 0 Å². The number of aliphatic hydroxyl groups is 5. The van der Waals surface area contributed by atoms with Crippen LogP contribution in [0.5, 0.6) is 0 Å². The first kappa shape index (κ1) is 29.1. The normalized spacial score (nSPS) is 51.4. The molecule has 5 N–H and O–H groups in total. The standard InChI is InChI=1S/C30H40O11/c1-15-11-20(32)23(34)26(40-15)41-17-5-8-28(14-31)22-19(6-9-29(28,37)12-17)30(38)10-7-18(16-3-4-21(33)39-13-16)27(30,2)25(36)24(22)35/h3-4,13-15,17-20,22-24,26,32,34-35,37-38H,5-12H2,1-2H3. The van der Waals surface area contributed by atoms with Crippen molar-refractivity contribution >= 4 is 12.1 Å². The monoisotopic (exact) mass is 576 g/mol. The number of carbonyl (C=O) groups is 2. The number of hydrogen-bond donors (Lipinski definition) is 5. The fourth-order valence-electron chi connectivity index (χ4n) is 9.48.